The van der Waals surface area contributed by atoms with Crippen LogP contribution >= 0.6 is 0 Å². The van der Waals surface area contributed by atoms with Crippen molar-refractivity contribution in [3.63, 3.8) is 0 Å². The van der Waals surface area contributed by atoms with Gasteiger partial charge in [0.1, 0.15) is 11.5 Å². The summed E-state index contributed by atoms with van der Waals surface area (Å²) in [5.41, 5.74) is 4.47. The molecule has 0 bridgehead atoms. The van der Waals surface area contributed by atoms with E-state index in [2.05, 4.69) is 34.9 Å². The number of methoxy groups -OCH3 is 1. The number of nitrogens with zero attached hydrogens (tertiary/aromatic N) is 1. The number of anilines is 1. The lowest BCUT2D eigenvalue weighted by Gasteiger charge is -2.27. The highest BCUT2D eigenvalue weighted by molar-refractivity contribution is 5.90. The number of furan rings is 1. The molecule has 0 amide bonds. The van der Waals surface area contributed by atoms with E-state index in [1.54, 1.807) is 0 Å². The summed E-state index contributed by atoms with van der Waals surface area (Å²) in [6.07, 6.45) is 3.71. The molecule has 2 aromatic rings. The van der Waals surface area contributed by atoms with Gasteiger partial charge in [0.2, 0.25) is 0 Å². The second kappa shape index (κ2) is 6.32. The number of esters is 1. The van der Waals surface area contributed by atoms with E-state index in [0.717, 1.165) is 29.9 Å². The summed E-state index contributed by atoms with van der Waals surface area (Å²) < 4.78 is 10.5. The molecule has 2 heterocycles. The van der Waals surface area contributed by atoms with E-state index in [1.807, 2.05) is 19.1 Å². The van der Waals surface area contributed by atoms with Crippen LogP contribution in [0.3, 0.4) is 0 Å². The van der Waals surface area contributed by atoms with Gasteiger partial charge in [-0.15, -0.1) is 0 Å². The zero-order valence-electron chi connectivity index (χ0n) is 13.8. The van der Waals surface area contributed by atoms with Gasteiger partial charge in [-0.3, -0.25) is 0 Å². The number of carbonyl (C=O) groups excluding carboxylic acids is 1. The Kier molecular flexibility index (Phi) is 4.24. The van der Waals surface area contributed by atoms with Crippen molar-refractivity contribution in [3.8, 4) is 11.3 Å². The van der Waals surface area contributed by atoms with Crippen molar-refractivity contribution in [1.29, 1.82) is 0 Å². The van der Waals surface area contributed by atoms with Crippen molar-refractivity contribution in [3.05, 3.63) is 47.7 Å². The van der Waals surface area contributed by atoms with Gasteiger partial charge in [0, 0.05) is 30.9 Å². The van der Waals surface area contributed by atoms with Crippen molar-refractivity contribution < 1.29 is 13.9 Å². The number of carbonyl (C=O) groups is 1. The Labute approximate surface area is 136 Å². The predicted molar refractivity (Wildman–Crippen MR) is 91.4 cm³/mol. The van der Waals surface area contributed by atoms with Gasteiger partial charge in [-0.05, 0) is 61.2 Å². The molecule has 1 aliphatic heterocycles. The second-order valence-electron chi connectivity index (χ2n) is 5.88. The van der Waals surface area contributed by atoms with Crippen LogP contribution < -0.4 is 4.90 Å². The van der Waals surface area contributed by atoms with E-state index in [9.17, 15) is 4.79 Å². The summed E-state index contributed by atoms with van der Waals surface area (Å²) >= 11 is 0. The molecule has 0 spiro atoms. The van der Waals surface area contributed by atoms with E-state index < -0.39 is 0 Å². The number of hydrogen-bond acceptors (Lipinski definition) is 4. The summed E-state index contributed by atoms with van der Waals surface area (Å²) in [6.45, 7) is 2.94. The third-order valence-corrected chi connectivity index (χ3v) is 4.25. The Morgan fingerprint density at radius 3 is 2.91 bits per heavy atom. The monoisotopic (exact) mass is 311 g/mol. The Morgan fingerprint density at radius 1 is 1.30 bits per heavy atom. The molecule has 0 N–H and O–H groups in total. The van der Waals surface area contributed by atoms with Crippen molar-refractivity contribution in [1.82, 2.24) is 0 Å². The molecule has 23 heavy (non-hydrogen) atoms. The van der Waals surface area contributed by atoms with Crippen LogP contribution in [0.25, 0.3) is 16.9 Å². The van der Waals surface area contributed by atoms with E-state index in [4.69, 9.17) is 4.42 Å². The maximum Gasteiger partial charge on any atom is 0.330 e. The zero-order valence-corrected chi connectivity index (χ0v) is 13.8. The number of benzene rings is 1. The van der Waals surface area contributed by atoms with Gasteiger partial charge >= 0.3 is 5.97 Å². The number of aryl methyl sites for hydroxylation is 1. The van der Waals surface area contributed by atoms with Crippen LogP contribution in [-0.4, -0.2) is 26.7 Å². The van der Waals surface area contributed by atoms with E-state index in [0.29, 0.717) is 5.76 Å². The van der Waals surface area contributed by atoms with Crippen LogP contribution in [-0.2, 0) is 16.0 Å². The van der Waals surface area contributed by atoms with Crippen LogP contribution in [0.4, 0.5) is 5.69 Å². The molecule has 1 aromatic heterocycles. The number of rotatable bonds is 3. The third-order valence-electron chi connectivity index (χ3n) is 4.25. The number of fused-ring (bicyclic) bond motifs is 1. The summed E-state index contributed by atoms with van der Waals surface area (Å²) in [6, 6.07) is 10.3. The Hall–Kier alpha value is -2.49. The molecule has 120 valence electrons. The molecule has 0 fully saturated rings. The Morgan fingerprint density at radius 2 is 2.13 bits per heavy atom. The van der Waals surface area contributed by atoms with Crippen LogP contribution in [0, 0.1) is 0 Å². The molecule has 1 aliphatic rings. The first-order valence-corrected chi connectivity index (χ1v) is 7.79. The first-order chi connectivity index (χ1) is 11.1. The highest BCUT2D eigenvalue weighted by Gasteiger charge is 2.15. The van der Waals surface area contributed by atoms with Gasteiger partial charge in [-0.1, -0.05) is 0 Å². The van der Waals surface area contributed by atoms with Crippen LogP contribution in [0.1, 0.15) is 24.7 Å². The fraction of sp³-hybridized carbons (Fsp3) is 0.316. The second-order valence-corrected chi connectivity index (χ2v) is 5.88. The first kappa shape index (κ1) is 15.4. The number of ether oxygens (including phenoxy) is 1. The minimum atomic E-state index is -0.378. The average Bonchev–Trinajstić information content (AvgIpc) is 3.04. The lowest BCUT2D eigenvalue weighted by atomic mass is 9.99. The third kappa shape index (κ3) is 3.16. The molecule has 0 saturated heterocycles. The van der Waals surface area contributed by atoms with E-state index in [-0.39, 0.29) is 5.97 Å². The summed E-state index contributed by atoms with van der Waals surface area (Å²) in [5, 5.41) is 0. The lowest BCUT2D eigenvalue weighted by molar-refractivity contribution is -0.134. The first-order valence-electron chi connectivity index (χ1n) is 7.79. The minimum Gasteiger partial charge on any atom is -0.466 e. The van der Waals surface area contributed by atoms with E-state index in [1.165, 1.54) is 30.9 Å². The molecule has 0 radical (unpaired) electrons. The number of allylic oxidation sites excluding steroid dienone is 1. The van der Waals surface area contributed by atoms with Gasteiger partial charge < -0.3 is 14.1 Å². The molecular weight excluding hydrogens is 290 g/mol. The fourth-order valence-corrected chi connectivity index (χ4v) is 2.95. The Bertz CT molecular complexity index is 758. The van der Waals surface area contributed by atoms with Crippen LogP contribution in [0.5, 0.6) is 0 Å². The molecule has 0 unspecified atom stereocenters. The van der Waals surface area contributed by atoms with Gasteiger partial charge in [-0.25, -0.2) is 4.79 Å². The molecular formula is C19H21NO3. The smallest absolute Gasteiger partial charge is 0.330 e. The lowest BCUT2D eigenvalue weighted by Crippen LogP contribution is -2.24. The standard InChI is InChI=1S/C19H21NO3/c1-13(11-19(21)22-3)17-8-9-18(23-17)15-6-7-16-14(12-15)5-4-10-20(16)2/h6-9,11-12H,4-5,10H2,1-3H3/b13-11+. The van der Waals surface area contributed by atoms with E-state index >= 15 is 0 Å². The van der Waals surface area contributed by atoms with Crippen molar-refractivity contribution in [2.75, 3.05) is 25.6 Å². The molecule has 1 aromatic carbocycles. The van der Waals surface area contributed by atoms with Crippen LogP contribution in [0.15, 0.2) is 40.8 Å². The Balaban J connectivity index is 1.89. The predicted octanol–water partition coefficient (Wildman–Crippen LogP) is 3.91. The molecule has 0 saturated carbocycles. The highest BCUT2D eigenvalue weighted by atomic mass is 16.5. The van der Waals surface area contributed by atoms with Crippen molar-refractivity contribution in [2.45, 2.75) is 19.8 Å². The normalized spacial score (nSPS) is 14.6. The largest absolute Gasteiger partial charge is 0.466 e. The SMILES string of the molecule is COC(=O)/C=C(\C)c1ccc(-c2ccc3c(c2)CCCN3C)o1. The highest BCUT2D eigenvalue weighted by Crippen LogP contribution is 2.32. The van der Waals surface area contributed by atoms with Crippen molar-refractivity contribution in [2.24, 2.45) is 0 Å². The van der Waals surface area contributed by atoms with Crippen molar-refractivity contribution >= 4 is 17.2 Å². The molecule has 3 rings (SSSR count). The molecule has 0 atom stereocenters. The van der Waals surface area contributed by atoms with Crippen LogP contribution in [0.2, 0.25) is 0 Å². The van der Waals surface area contributed by atoms with Gasteiger partial charge in [0.25, 0.3) is 0 Å². The summed E-state index contributed by atoms with van der Waals surface area (Å²) in [5.74, 6) is 1.12. The molecule has 4 heteroatoms. The maximum atomic E-state index is 11.3. The summed E-state index contributed by atoms with van der Waals surface area (Å²) in [7, 11) is 3.49. The number of hydrogen-bond donors (Lipinski definition) is 0. The summed E-state index contributed by atoms with van der Waals surface area (Å²) in [4.78, 5) is 13.6. The maximum absolute atomic E-state index is 11.3. The zero-order chi connectivity index (χ0) is 16.4. The average molecular weight is 311 g/mol. The molecule has 4 nitrogen and oxygen atoms in total. The van der Waals surface area contributed by atoms with Gasteiger partial charge in [-0.2, -0.15) is 0 Å². The van der Waals surface area contributed by atoms with Gasteiger partial charge in [0.05, 0.1) is 7.11 Å². The fourth-order valence-electron chi connectivity index (χ4n) is 2.95. The minimum absolute atomic E-state index is 0.378. The van der Waals surface area contributed by atoms with Gasteiger partial charge in [0.15, 0.2) is 0 Å². The quantitative estimate of drug-likeness (QED) is 0.637. The topological polar surface area (TPSA) is 42.7 Å². The molecule has 0 aliphatic carbocycles.